The number of amides is 2. The minimum atomic E-state index is -0.619. The Morgan fingerprint density at radius 1 is 1.36 bits per heavy atom. The van der Waals surface area contributed by atoms with Crippen LogP contribution in [0.15, 0.2) is 24.3 Å². The maximum atomic E-state index is 12.2. The number of hydrogen-bond donors (Lipinski definition) is 1. The third-order valence-electron chi connectivity index (χ3n) is 2.91. The average molecular weight is 309 g/mol. The number of likely N-dealkylation sites (N-methyl/N-ethyl adjacent to an activating group) is 1. The van der Waals surface area contributed by atoms with Gasteiger partial charge >= 0.3 is 0 Å². The van der Waals surface area contributed by atoms with Crippen molar-refractivity contribution in [3.05, 3.63) is 39.9 Å². The zero-order valence-corrected chi connectivity index (χ0v) is 12.6. The number of nitro benzene ring substituents is 1. The van der Waals surface area contributed by atoms with Gasteiger partial charge in [-0.1, -0.05) is 12.1 Å². The summed E-state index contributed by atoms with van der Waals surface area (Å²) >= 11 is 0. The van der Waals surface area contributed by atoms with Crippen LogP contribution in [-0.2, 0) is 9.53 Å². The number of rotatable bonds is 8. The number of benzene rings is 1. The number of nitro groups is 1. The maximum Gasteiger partial charge on any atom is 0.282 e. The normalized spacial score (nSPS) is 10.1. The Balaban J connectivity index is 2.62. The molecule has 22 heavy (non-hydrogen) atoms. The molecule has 2 amide bonds. The summed E-state index contributed by atoms with van der Waals surface area (Å²) in [5.74, 6) is -0.898. The summed E-state index contributed by atoms with van der Waals surface area (Å²) in [5.41, 5.74) is -0.318. The third kappa shape index (κ3) is 5.13. The van der Waals surface area contributed by atoms with E-state index in [0.29, 0.717) is 19.6 Å². The number of hydrogen-bond acceptors (Lipinski definition) is 5. The molecule has 1 aromatic carbocycles. The van der Waals surface area contributed by atoms with Gasteiger partial charge in [0.2, 0.25) is 5.91 Å². The molecule has 0 spiro atoms. The van der Waals surface area contributed by atoms with Crippen molar-refractivity contribution >= 4 is 17.5 Å². The SMILES string of the molecule is COCCCNC(=O)CN(C)C(=O)c1ccccc1[N+](=O)[O-]. The van der Waals surface area contributed by atoms with E-state index < -0.39 is 10.8 Å². The van der Waals surface area contributed by atoms with Crippen molar-refractivity contribution in [2.24, 2.45) is 0 Å². The molecule has 0 heterocycles. The lowest BCUT2D eigenvalue weighted by molar-refractivity contribution is -0.385. The summed E-state index contributed by atoms with van der Waals surface area (Å²) in [5, 5.41) is 13.6. The fourth-order valence-electron chi connectivity index (χ4n) is 1.81. The Bertz CT molecular complexity index is 547. The molecule has 0 saturated heterocycles. The molecule has 8 heteroatoms. The molecule has 120 valence electrons. The monoisotopic (exact) mass is 309 g/mol. The predicted molar refractivity (Wildman–Crippen MR) is 79.6 cm³/mol. The predicted octanol–water partition coefficient (Wildman–Crippen LogP) is 0.820. The first kappa shape index (κ1) is 17.6. The van der Waals surface area contributed by atoms with Crippen LogP contribution in [0.2, 0.25) is 0 Å². The third-order valence-corrected chi connectivity index (χ3v) is 2.91. The van der Waals surface area contributed by atoms with Crippen molar-refractivity contribution in [1.29, 1.82) is 0 Å². The highest BCUT2D eigenvalue weighted by Gasteiger charge is 2.23. The Hall–Kier alpha value is -2.48. The summed E-state index contributed by atoms with van der Waals surface area (Å²) < 4.78 is 4.86. The first-order valence-electron chi connectivity index (χ1n) is 6.72. The lowest BCUT2D eigenvalue weighted by Gasteiger charge is -2.16. The van der Waals surface area contributed by atoms with Gasteiger partial charge in [-0.3, -0.25) is 19.7 Å². The first-order valence-corrected chi connectivity index (χ1v) is 6.72. The summed E-state index contributed by atoms with van der Waals surface area (Å²) in [7, 11) is 2.99. The van der Waals surface area contributed by atoms with Crippen LogP contribution >= 0.6 is 0 Å². The molecular weight excluding hydrogens is 290 g/mol. The Morgan fingerprint density at radius 2 is 2.05 bits per heavy atom. The zero-order chi connectivity index (χ0) is 16.5. The van der Waals surface area contributed by atoms with Crippen LogP contribution in [0.4, 0.5) is 5.69 Å². The standard InChI is InChI=1S/C14H19N3O5/c1-16(10-13(18)15-8-5-9-22-2)14(19)11-6-3-4-7-12(11)17(20)21/h3-4,6-7H,5,8-10H2,1-2H3,(H,15,18). The molecular formula is C14H19N3O5. The molecule has 0 fully saturated rings. The van der Waals surface area contributed by atoms with E-state index in [1.54, 1.807) is 13.2 Å². The van der Waals surface area contributed by atoms with Crippen molar-refractivity contribution < 1.29 is 19.2 Å². The van der Waals surface area contributed by atoms with E-state index in [2.05, 4.69) is 5.32 Å². The molecule has 0 aliphatic rings. The number of ether oxygens (including phenoxy) is 1. The molecule has 1 rings (SSSR count). The van der Waals surface area contributed by atoms with Crippen molar-refractivity contribution in [3.8, 4) is 0 Å². The second-order valence-electron chi connectivity index (χ2n) is 4.63. The Morgan fingerprint density at radius 3 is 2.68 bits per heavy atom. The van der Waals surface area contributed by atoms with E-state index >= 15 is 0 Å². The zero-order valence-electron chi connectivity index (χ0n) is 12.6. The van der Waals surface area contributed by atoms with Crippen molar-refractivity contribution in [3.63, 3.8) is 0 Å². The number of nitrogens with one attached hydrogen (secondary N) is 1. The fourth-order valence-corrected chi connectivity index (χ4v) is 1.81. The largest absolute Gasteiger partial charge is 0.385 e. The van der Waals surface area contributed by atoms with Gasteiger partial charge in [-0.15, -0.1) is 0 Å². The van der Waals surface area contributed by atoms with Crippen LogP contribution in [0.25, 0.3) is 0 Å². The van der Waals surface area contributed by atoms with Crippen LogP contribution in [0.3, 0.4) is 0 Å². The summed E-state index contributed by atoms with van der Waals surface area (Å²) in [6, 6.07) is 5.65. The van der Waals surface area contributed by atoms with Gasteiger partial charge in [-0.05, 0) is 12.5 Å². The lowest BCUT2D eigenvalue weighted by atomic mass is 10.1. The van der Waals surface area contributed by atoms with Crippen LogP contribution in [0, 0.1) is 10.1 Å². The van der Waals surface area contributed by atoms with E-state index in [4.69, 9.17) is 4.74 Å². The van der Waals surface area contributed by atoms with E-state index in [1.807, 2.05) is 0 Å². The molecule has 0 aromatic heterocycles. The molecule has 0 aliphatic heterocycles. The molecule has 0 unspecified atom stereocenters. The van der Waals surface area contributed by atoms with Crippen LogP contribution in [0.1, 0.15) is 16.8 Å². The van der Waals surface area contributed by atoms with Crippen molar-refractivity contribution in [2.45, 2.75) is 6.42 Å². The first-order chi connectivity index (χ1) is 10.5. The topological polar surface area (TPSA) is 102 Å². The van der Waals surface area contributed by atoms with Crippen LogP contribution in [0.5, 0.6) is 0 Å². The number of carbonyl (C=O) groups excluding carboxylic acids is 2. The molecule has 0 atom stereocenters. The quantitative estimate of drug-likeness (QED) is 0.435. The second kappa shape index (κ2) is 8.73. The van der Waals surface area contributed by atoms with Gasteiger partial charge in [0.15, 0.2) is 0 Å². The summed E-state index contributed by atoms with van der Waals surface area (Å²) in [6.07, 6.45) is 0.671. The highest BCUT2D eigenvalue weighted by Crippen LogP contribution is 2.18. The van der Waals surface area contributed by atoms with Gasteiger partial charge in [0.05, 0.1) is 11.5 Å². The molecule has 1 N–H and O–H groups in total. The Labute approximate surface area is 128 Å². The highest BCUT2D eigenvalue weighted by atomic mass is 16.6. The van der Waals surface area contributed by atoms with Gasteiger partial charge < -0.3 is 15.0 Å². The number of para-hydroxylation sites is 1. The minimum Gasteiger partial charge on any atom is -0.385 e. The summed E-state index contributed by atoms with van der Waals surface area (Å²) in [6.45, 7) is 0.809. The molecule has 0 aliphatic carbocycles. The van der Waals surface area contributed by atoms with Crippen molar-refractivity contribution in [1.82, 2.24) is 10.2 Å². The molecule has 0 saturated carbocycles. The number of nitrogens with zero attached hydrogens (tertiary/aromatic N) is 2. The molecule has 0 radical (unpaired) electrons. The number of methoxy groups -OCH3 is 1. The van der Waals surface area contributed by atoms with E-state index in [0.717, 1.165) is 4.90 Å². The van der Waals surface area contributed by atoms with Gasteiger partial charge in [-0.2, -0.15) is 0 Å². The van der Waals surface area contributed by atoms with Gasteiger partial charge in [0.25, 0.3) is 11.6 Å². The average Bonchev–Trinajstić information content (AvgIpc) is 2.50. The highest BCUT2D eigenvalue weighted by molar-refractivity contribution is 5.99. The smallest absolute Gasteiger partial charge is 0.282 e. The molecule has 1 aromatic rings. The van der Waals surface area contributed by atoms with Gasteiger partial charge in [-0.25, -0.2) is 0 Å². The Kier molecular flexibility index (Phi) is 6.97. The van der Waals surface area contributed by atoms with E-state index in [1.165, 1.54) is 25.2 Å². The fraction of sp³-hybridized carbons (Fsp3) is 0.429. The maximum absolute atomic E-state index is 12.2. The minimum absolute atomic E-state index is 0.0396. The van der Waals surface area contributed by atoms with Crippen LogP contribution < -0.4 is 5.32 Å². The number of carbonyl (C=O) groups is 2. The van der Waals surface area contributed by atoms with E-state index in [9.17, 15) is 19.7 Å². The summed E-state index contributed by atoms with van der Waals surface area (Å²) in [4.78, 5) is 35.3. The van der Waals surface area contributed by atoms with Gasteiger partial charge in [0, 0.05) is 33.4 Å². The van der Waals surface area contributed by atoms with Crippen LogP contribution in [-0.4, -0.2) is 55.5 Å². The van der Waals surface area contributed by atoms with Crippen molar-refractivity contribution in [2.75, 3.05) is 33.9 Å². The van der Waals surface area contributed by atoms with Gasteiger partial charge in [0.1, 0.15) is 5.56 Å². The van der Waals surface area contributed by atoms with E-state index in [-0.39, 0.29) is 23.7 Å². The molecule has 8 nitrogen and oxygen atoms in total. The lowest BCUT2D eigenvalue weighted by Crippen LogP contribution is -2.39. The molecule has 0 bridgehead atoms. The second-order valence-corrected chi connectivity index (χ2v) is 4.63.